The highest BCUT2D eigenvalue weighted by atomic mass is 19.1. The zero-order chi connectivity index (χ0) is 18.4. The Bertz CT molecular complexity index is 737. The average molecular weight is 348 g/mol. The Balaban J connectivity index is 1.85. The molecule has 0 bridgehead atoms. The van der Waals surface area contributed by atoms with Crippen LogP contribution < -0.4 is 10.1 Å². The average Bonchev–Trinajstić information content (AvgIpc) is 2.58. The lowest BCUT2D eigenvalue weighted by atomic mass is 10.2. The van der Waals surface area contributed by atoms with Gasteiger partial charge in [-0.05, 0) is 44.7 Å². The molecular weight excluding hydrogens is 326 g/mol. The normalized spacial score (nSPS) is 12.1. The first-order valence-corrected chi connectivity index (χ1v) is 8.03. The van der Waals surface area contributed by atoms with Gasteiger partial charge in [0.05, 0.1) is 11.7 Å². The third-order valence-corrected chi connectivity index (χ3v) is 4.02. The van der Waals surface area contributed by atoms with Crippen LogP contribution >= 0.6 is 0 Å². The number of carbonyl (C=O) groups is 1. The number of amides is 1. The minimum atomic E-state index is -0.800. The fourth-order valence-electron chi connectivity index (χ4n) is 2.24. The Morgan fingerprint density at radius 3 is 2.64 bits per heavy atom. The first kappa shape index (κ1) is 18.9. The number of para-hydroxylation sites is 1. The number of carbonyl (C=O) groups excluding carboxylic acids is 1. The largest absolute Gasteiger partial charge is 0.492 e. The molecule has 0 aliphatic rings. The maximum Gasteiger partial charge on any atom is 0.241 e. The van der Waals surface area contributed by atoms with Crippen molar-refractivity contribution >= 4 is 11.6 Å². The van der Waals surface area contributed by atoms with Crippen LogP contribution in [0.15, 0.2) is 42.5 Å². The molecular formula is C19H22F2N2O2. The van der Waals surface area contributed by atoms with E-state index in [-0.39, 0.29) is 11.6 Å². The molecule has 0 aromatic heterocycles. The SMILES string of the molecule is Cc1ccccc1OCCN(C)C(C)C(=O)Nc1ccc(F)cc1F. The maximum absolute atomic E-state index is 13.6. The van der Waals surface area contributed by atoms with Crippen LogP contribution in [-0.2, 0) is 4.79 Å². The van der Waals surface area contributed by atoms with Gasteiger partial charge >= 0.3 is 0 Å². The number of aryl methyl sites for hydroxylation is 1. The molecule has 4 nitrogen and oxygen atoms in total. The number of ether oxygens (including phenoxy) is 1. The number of halogens is 2. The van der Waals surface area contributed by atoms with Crippen LogP contribution in [0.2, 0.25) is 0 Å². The Kier molecular flexibility index (Phi) is 6.47. The van der Waals surface area contributed by atoms with Crippen LogP contribution in [0.25, 0.3) is 0 Å². The van der Waals surface area contributed by atoms with E-state index >= 15 is 0 Å². The second-order valence-electron chi connectivity index (χ2n) is 5.88. The Morgan fingerprint density at radius 1 is 1.24 bits per heavy atom. The van der Waals surface area contributed by atoms with Crippen LogP contribution in [0.4, 0.5) is 14.5 Å². The number of nitrogens with zero attached hydrogens (tertiary/aromatic N) is 1. The first-order chi connectivity index (χ1) is 11.9. The van der Waals surface area contributed by atoms with E-state index in [1.165, 1.54) is 6.07 Å². The molecule has 0 spiro atoms. The van der Waals surface area contributed by atoms with Gasteiger partial charge in [-0.25, -0.2) is 8.78 Å². The molecule has 134 valence electrons. The number of anilines is 1. The van der Waals surface area contributed by atoms with Crippen LogP contribution in [0.1, 0.15) is 12.5 Å². The smallest absolute Gasteiger partial charge is 0.241 e. The topological polar surface area (TPSA) is 41.6 Å². The first-order valence-electron chi connectivity index (χ1n) is 8.03. The molecule has 1 amide bonds. The minimum absolute atomic E-state index is 0.0391. The quantitative estimate of drug-likeness (QED) is 0.831. The summed E-state index contributed by atoms with van der Waals surface area (Å²) in [6.45, 7) is 4.62. The molecule has 0 saturated heterocycles. The molecule has 1 unspecified atom stereocenters. The molecule has 2 rings (SSSR count). The van der Waals surface area contributed by atoms with Gasteiger partial charge in [0.1, 0.15) is 24.0 Å². The summed E-state index contributed by atoms with van der Waals surface area (Å²) >= 11 is 0. The summed E-state index contributed by atoms with van der Waals surface area (Å²) in [4.78, 5) is 14.0. The van der Waals surface area contributed by atoms with Gasteiger partial charge in [-0.3, -0.25) is 9.69 Å². The summed E-state index contributed by atoms with van der Waals surface area (Å²) in [5, 5.41) is 2.47. The molecule has 0 fully saturated rings. The monoisotopic (exact) mass is 348 g/mol. The second-order valence-corrected chi connectivity index (χ2v) is 5.88. The van der Waals surface area contributed by atoms with E-state index in [1.54, 1.807) is 18.9 Å². The van der Waals surface area contributed by atoms with Crippen LogP contribution in [0.5, 0.6) is 5.75 Å². The number of benzene rings is 2. The lowest BCUT2D eigenvalue weighted by Gasteiger charge is -2.24. The number of nitrogens with one attached hydrogen (secondary N) is 1. The molecule has 0 radical (unpaired) electrons. The van der Waals surface area contributed by atoms with E-state index in [0.29, 0.717) is 13.2 Å². The highest BCUT2D eigenvalue weighted by Gasteiger charge is 2.19. The van der Waals surface area contributed by atoms with Crippen LogP contribution in [-0.4, -0.2) is 37.0 Å². The van der Waals surface area contributed by atoms with Crippen molar-refractivity contribution < 1.29 is 18.3 Å². The minimum Gasteiger partial charge on any atom is -0.492 e. The molecule has 0 saturated carbocycles. The Morgan fingerprint density at radius 2 is 1.96 bits per heavy atom. The van der Waals surface area contributed by atoms with Crippen LogP contribution in [0, 0.1) is 18.6 Å². The van der Waals surface area contributed by atoms with Crippen molar-refractivity contribution in [3.05, 3.63) is 59.7 Å². The zero-order valence-corrected chi connectivity index (χ0v) is 14.6. The molecule has 2 aromatic rings. The third-order valence-electron chi connectivity index (χ3n) is 4.02. The van der Waals surface area contributed by atoms with Crippen molar-refractivity contribution in [2.45, 2.75) is 19.9 Å². The van der Waals surface area contributed by atoms with Gasteiger partial charge in [0.25, 0.3) is 0 Å². The van der Waals surface area contributed by atoms with Crippen LogP contribution in [0.3, 0.4) is 0 Å². The van der Waals surface area contributed by atoms with Gasteiger partial charge in [0.15, 0.2) is 0 Å². The van der Waals surface area contributed by atoms with Gasteiger partial charge in [0, 0.05) is 12.6 Å². The number of rotatable bonds is 7. The van der Waals surface area contributed by atoms with Crippen molar-refractivity contribution in [2.24, 2.45) is 0 Å². The summed E-state index contributed by atoms with van der Waals surface area (Å²) in [5.74, 6) is -1.05. The van der Waals surface area contributed by atoms with E-state index < -0.39 is 17.7 Å². The molecule has 1 atom stereocenters. The standard InChI is InChI=1S/C19H22F2N2O2/c1-13-6-4-5-7-18(13)25-11-10-23(3)14(2)19(24)22-17-9-8-15(20)12-16(17)21/h4-9,12,14H,10-11H2,1-3H3,(H,22,24). The molecule has 25 heavy (non-hydrogen) atoms. The summed E-state index contributed by atoms with van der Waals surface area (Å²) in [6, 6.07) is 10.2. The fourth-order valence-corrected chi connectivity index (χ4v) is 2.24. The van der Waals surface area contributed by atoms with Crippen molar-refractivity contribution in [3.8, 4) is 5.75 Å². The molecule has 0 aliphatic heterocycles. The maximum atomic E-state index is 13.6. The highest BCUT2D eigenvalue weighted by Crippen LogP contribution is 2.17. The summed E-state index contributed by atoms with van der Waals surface area (Å²) in [6.07, 6.45) is 0. The van der Waals surface area contributed by atoms with Crippen molar-refractivity contribution in [1.82, 2.24) is 4.90 Å². The lowest BCUT2D eigenvalue weighted by Crippen LogP contribution is -2.41. The van der Waals surface area contributed by atoms with Gasteiger partial charge in [-0.15, -0.1) is 0 Å². The second kappa shape index (κ2) is 8.58. The van der Waals surface area contributed by atoms with E-state index in [2.05, 4.69) is 5.32 Å². The van der Waals surface area contributed by atoms with Crippen molar-refractivity contribution in [1.29, 1.82) is 0 Å². The zero-order valence-electron chi connectivity index (χ0n) is 14.6. The summed E-state index contributed by atoms with van der Waals surface area (Å²) in [7, 11) is 1.78. The summed E-state index contributed by atoms with van der Waals surface area (Å²) < 4.78 is 32.2. The lowest BCUT2D eigenvalue weighted by molar-refractivity contribution is -0.120. The molecule has 1 N–H and O–H groups in total. The summed E-state index contributed by atoms with van der Waals surface area (Å²) in [5.41, 5.74) is 1.01. The number of likely N-dealkylation sites (N-methyl/N-ethyl adjacent to an activating group) is 1. The van der Waals surface area contributed by atoms with Gasteiger partial charge in [0.2, 0.25) is 5.91 Å². The fraction of sp³-hybridized carbons (Fsp3) is 0.316. The third kappa shape index (κ3) is 5.26. The Labute approximate surface area is 146 Å². The predicted octanol–water partition coefficient (Wildman–Crippen LogP) is 3.61. The number of hydrogen-bond acceptors (Lipinski definition) is 3. The van der Waals surface area contributed by atoms with Crippen molar-refractivity contribution in [3.63, 3.8) is 0 Å². The predicted molar refractivity (Wildman–Crippen MR) is 93.8 cm³/mol. The van der Waals surface area contributed by atoms with E-state index in [0.717, 1.165) is 23.4 Å². The van der Waals surface area contributed by atoms with Gasteiger partial charge in [-0.1, -0.05) is 18.2 Å². The van der Waals surface area contributed by atoms with E-state index in [4.69, 9.17) is 4.74 Å². The number of hydrogen-bond donors (Lipinski definition) is 1. The van der Waals surface area contributed by atoms with E-state index in [9.17, 15) is 13.6 Å². The van der Waals surface area contributed by atoms with Gasteiger partial charge < -0.3 is 10.1 Å². The molecule has 0 aliphatic carbocycles. The molecule has 6 heteroatoms. The molecule has 2 aromatic carbocycles. The van der Waals surface area contributed by atoms with E-state index in [1.807, 2.05) is 31.2 Å². The Hall–Kier alpha value is -2.47. The molecule has 0 heterocycles. The van der Waals surface area contributed by atoms with Gasteiger partial charge in [-0.2, -0.15) is 0 Å². The highest BCUT2D eigenvalue weighted by molar-refractivity contribution is 5.94. The van der Waals surface area contributed by atoms with Crippen molar-refractivity contribution in [2.75, 3.05) is 25.5 Å².